The van der Waals surface area contributed by atoms with Crippen molar-refractivity contribution in [2.24, 2.45) is 0 Å². The predicted octanol–water partition coefficient (Wildman–Crippen LogP) is 2.05. The summed E-state index contributed by atoms with van der Waals surface area (Å²) in [5.74, 6) is 0.362. The van der Waals surface area contributed by atoms with E-state index in [1.807, 2.05) is 24.3 Å². The van der Waals surface area contributed by atoms with Crippen LogP contribution >= 0.6 is 11.6 Å². The topological polar surface area (TPSA) is 69.6 Å². The van der Waals surface area contributed by atoms with E-state index in [-0.39, 0.29) is 0 Å². The number of anilines is 1. The minimum absolute atomic E-state index is 0.362. The molecule has 0 spiro atoms. The van der Waals surface area contributed by atoms with Gasteiger partial charge in [-0.25, -0.2) is 15.0 Å². The number of hydrogen-bond acceptors (Lipinski definition) is 4. The predicted molar refractivity (Wildman–Crippen MR) is 66.1 cm³/mol. The molecule has 6 heteroatoms. The van der Waals surface area contributed by atoms with Gasteiger partial charge in [0.15, 0.2) is 17.0 Å². The molecule has 0 aliphatic heterocycles. The van der Waals surface area contributed by atoms with E-state index in [1.54, 1.807) is 10.9 Å². The van der Waals surface area contributed by atoms with Gasteiger partial charge in [0.2, 0.25) is 0 Å². The second-order valence-electron chi connectivity index (χ2n) is 3.50. The fourth-order valence-corrected chi connectivity index (χ4v) is 1.90. The number of nitrogen functional groups attached to an aromatic ring is 1. The highest BCUT2D eigenvalue weighted by Crippen LogP contribution is 2.24. The van der Waals surface area contributed by atoms with E-state index in [9.17, 15) is 0 Å². The number of imidazole rings is 1. The fourth-order valence-electron chi connectivity index (χ4n) is 1.68. The van der Waals surface area contributed by atoms with Gasteiger partial charge in [-0.05, 0) is 12.1 Å². The molecule has 0 bridgehead atoms. The van der Waals surface area contributed by atoms with Crippen molar-refractivity contribution in [2.45, 2.75) is 0 Å². The normalized spacial score (nSPS) is 10.9. The molecule has 0 radical (unpaired) electrons. The molecule has 0 saturated carbocycles. The molecule has 2 N–H and O–H groups in total. The smallest absolute Gasteiger partial charge is 0.170 e. The van der Waals surface area contributed by atoms with Gasteiger partial charge in [0, 0.05) is 0 Å². The van der Waals surface area contributed by atoms with E-state index in [1.165, 1.54) is 6.33 Å². The molecular weight excluding hydrogens is 238 g/mol. The van der Waals surface area contributed by atoms with Crippen LogP contribution in [0, 0.1) is 0 Å². The molecule has 2 heterocycles. The first-order chi connectivity index (χ1) is 8.27. The number of rotatable bonds is 1. The number of para-hydroxylation sites is 1. The Labute approximate surface area is 102 Å². The van der Waals surface area contributed by atoms with Crippen molar-refractivity contribution in [3.63, 3.8) is 0 Å². The third kappa shape index (κ3) is 1.52. The van der Waals surface area contributed by atoms with E-state index in [0.717, 1.165) is 5.69 Å². The Morgan fingerprint density at radius 3 is 2.76 bits per heavy atom. The molecule has 5 nitrogen and oxygen atoms in total. The third-order valence-electron chi connectivity index (χ3n) is 2.47. The maximum Gasteiger partial charge on any atom is 0.170 e. The molecule has 0 fully saturated rings. The molecular formula is C11H8ClN5. The fraction of sp³-hybridized carbons (Fsp3) is 0. The summed E-state index contributed by atoms with van der Waals surface area (Å²) in [6, 6.07) is 7.47. The van der Waals surface area contributed by atoms with E-state index in [2.05, 4.69) is 15.0 Å². The number of hydrogen-bond donors (Lipinski definition) is 1. The molecule has 0 unspecified atom stereocenters. The average molecular weight is 246 g/mol. The van der Waals surface area contributed by atoms with Gasteiger partial charge < -0.3 is 5.73 Å². The van der Waals surface area contributed by atoms with Gasteiger partial charge >= 0.3 is 0 Å². The lowest BCUT2D eigenvalue weighted by Crippen LogP contribution is -1.97. The van der Waals surface area contributed by atoms with Crippen molar-refractivity contribution < 1.29 is 0 Å². The monoisotopic (exact) mass is 245 g/mol. The summed E-state index contributed by atoms with van der Waals surface area (Å²) in [4.78, 5) is 12.3. The molecule has 1 aromatic carbocycles. The summed E-state index contributed by atoms with van der Waals surface area (Å²) < 4.78 is 1.79. The third-order valence-corrected chi connectivity index (χ3v) is 2.79. The summed E-state index contributed by atoms with van der Waals surface area (Å²) >= 11 is 6.13. The van der Waals surface area contributed by atoms with E-state index >= 15 is 0 Å². The van der Waals surface area contributed by atoms with E-state index < -0.39 is 0 Å². The Bertz CT molecular complexity index is 691. The number of nitrogens with two attached hydrogens (primary N) is 1. The lowest BCUT2D eigenvalue weighted by Gasteiger charge is -2.05. The Morgan fingerprint density at radius 1 is 1.12 bits per heavy atom. The van der Waals surface area contributed by atoms with E-state index in [4.69, 9.17) is 17.3 Å². The molecule has 0 amide bonds. The van der Waals surface area contributed by atoms with Crippen molar-refractivity contribution >= 4 is 28.6 Å². The minimum atomic E-state index is 0.362. The molecule has 3 aromatic rings. The van der Waals surface area contributed by atoms with Crippen LogP contribution in [0.5, 0.6) is 0 Å². The zero-order valence-electron chi connectivity index (χ0n) is 8.71. The van der Waals surface area contributed by atoms with Gasteiger partial charge in [0.1, 0.15) is 12.7 Å². The highest BCUT2D eigenvalue weighted by atomic mass is 35.5. The van der Waals surface area contributed by atoms with Gasteiger partial charge in [0.25, 0.3) is 0 Å². The standard InChI is InChI=1S/C11H8ClN5/c12-7-3-1-2-4-8(7)17-6-16-9-10(13)14-5-15-11(9)17/h1-6H,(H2,13,14,15). The Kier molecular flexibility index (Phi) is 2.19. The van der Waals surface area contributed by atoms with Crippen molar-refractivity contribution in [3.05, 3.63) is 41.9 Å². The van der Waals surface area contributed by atoms with Crippen LogP contribution in [-0.4, -0.2) is 19.5 Å². The first-order valence-electron chi connectivity index (χ1n) is 4.96. The minimum Gasteiger partial charge on any atom is -0.382 e. The second-order valence-corrected chi connectivity index (χ2v) is 3.90. The molecule has 0 aliphatic rings. The Hall–Kier alpha value is -2.14. The van der Waals surface area contributed by atoms with Crippen LogP contribution in [-0.2, 0) is 0 Å². The maximum absolute atomic E-state index is 6.13. The summed E-state index contributed by atoms with van der Waals surface area (Å²) in [5.41, 5.74) is 7.76. The molecule has 0 atom stereocenters. The summed E-state index contributed by atoms with van der Waals surface area (Å²) in [7, 11) is 0. The Balaban J connectivity index is 2.33. The quantitative estimate of drug-likeness (QED) is 0.712. The van der Waals surface area contributed by atoms with Crippen LogP contribution in [0.25, 0.3) is 16.9 Å². The van der Waals surface area contributed by atoms with Crippen molar-refractivity contribution in [1.29, 1.82) is 0 Å². The van der Waals surface area contributed by atoms with Gasteiger partial charge in [-0.1, -0.05) is 23.7 Å². The highest BCUT2D eigenvalue weighted by molar-refractivity contribution is 6.32. The van der Waals surface area contributed by atoms with Crippen molar-refractivity contribution in [3.8, 4) is 5.69 Å². The number of aromatic nitrogens is 4. The van der Waals surface area contributed by atoms with Crippen molar-refractivity contribution in [1.82, 2.24) is 19.5 Å². The largest absolute Gasteiger partial charge is 0.382 e. The molecule has 0 aliphatic carbocycles. The van der Waals surface area contributed by atoms with Crippen LogP contribution in [0.3, 0.4) is 0 Å². The van der Waals surface area contributed by atoms with Gasteiger partial charge in [-0.15, -0.1) is 0 Å². The lowest BCUT2D eigenvalue weighted by atomic mass is 10.3. The van der Waals surface area contributed by atoms with Crippen LogP contribution < -0.4 is 5.73 Å². The second kappa shape index (κ2) is 3.71. The maximum atomic E-state index is 6.13. The zero-order chi connectivity index (χ0) is 11.8. The number of nitrogens with zero attached hydrogens (tertiary/aromatic N) is 4. The number of fused-ring (bicyclic) bond motifs is 1. The molecule has 0 saturated heterocycles. The first kappa shape index (κ1) is 10.0. The van der Waals surface area contributed by atoms with Crippen LogP contribution in [0.2, 0.25) is 5.02 Å². The van der Waals surface area contributed by atoms with Gasteiger partial charge in [-0.3, -0.25) is 4.57 Å². The molecule has 17 heavy (non-hydrogen) atoms. The Morgan fingerprint density at radius 2 is 1.94 bits per heavy atom. The molecule has 3 rings (SSSR count). The van der Waals surface area contributed by atoms with Crippen LogP contribution in [0.1, 0.15) is 0 Å². The summed E-state index contributed by atoms with van der Waals surface area (Å²) in [5, 5.41) is 0.629. The number of benzene rings is 1. The van der Waals surface area contributed by atoms with Gasteiger partial charge in [-0.2, -0.15) is 0 Å². The average Bonchev–Trinajstić information content (AvgIpc) is 2.75. The zero-order valence-corrected chi connectivity index (χ0v) is 9.46. The summed E-state index contributed by atoms with van der Waals surface area (Å²) in [6.45, 7) is 0. The molecule has 84 valence electrons. The van der Waals surface area contributed by atoms with E-state index in [0.29, 0.717) is 22.0 Å². The molecule has 2 aromatic heterocycles. The van der Waals surface area contributed by atoms with Crippen molar-refractivity contribution in [2.75, 3.05) is 5.73 Å². The van der Waals surface area contributed by atoms with Crippen LogP contribution in [0.15, 0.2) is 36.9 Å². The first-order valence-corrected chi connectivity index (χ1v) is 5.33. The lowest BCUT2D eigenvalue weighted by molar-refractivity contribution is 1.06. The summed E-state index contributed by atoms with van der Waals surface area (Å²) in [6.07, 6.45) is 3.05. The number of halogens is 1. The van der Waals surface area contributed by atoms with Gasteiger partial charge in [0.05, 0.1) is 10.7 Å². The van der Waals surface area contributed by atoms with Crippen LogP contribution in [0.4, 0.5) is 5.82 Å². The highest BCUT2D eigenvalue weighted by Gasteiger charge is 2.10. The SMILES string of the molecule is Nc1ncnc2c1ncn2-c1ccccc1Cl.